The fourth-order valence-corrected chi connectivity index (χ4v) is 3.31. The second-order valence-electron chi connectivity index (χ2n) is 6.04. The first-order chi connectivity index (χ1) is 7.68. The van der Waals surface area contributed by atoms with Gasteiger partial charge >= 0.3 is 0 Å². The molecule has 1 unspecified atom stereocenters. The van der Waals surface area contributed by atoms with E-state index in [4.69, 9.17) is 0 Å². The van der Waals surface area contributed by atoms with Gasteiger partial charge in [0.25, 0.3) is 0 Å². The molecule has 2 heteroatoms. The predicted octanol–water partition coefficient (Wildman–Crippen LogP) is 2.64. The Morgan fingerprint density at radius 2 is 2.06 bits per heavy atom. The van der Waals surface area contributed by atoms with Crippen LogP contribution in [0.5, 0.6) is 0 Å². The lowest BCUT2D eigenvalue weighted by atomic mass is 9.73. The average Bonchev–Trinajstić information content (AvgIpc) is 2.43. The summed E-state index contributed by atoms with van der Waals surface area (Å²) in [7, 11) is 0. The molecule has 0 aromatic rings. The Kier molecular flexibility index (Phi) is 3.91. The molecule has 0 amide bonds. The van der Waals surface area contributed by atoms with Gasteiger partial charge in [0.15, 0.2) is 0 Å². The summed E-state index contributed by atoms with van der Waals surface area (Å²) in [5.74, 6) is 0.759. The van der Waals surface area contributed by atoms with E-state index in [9.17, 15) is 0 Å². The van der Waals surface area contributed by atoms with E-state index in [1.807, 2.05) is 0 Å². The maximum Gasteiger partial charge on any atom is 0.0218 e. The van der Waals surface area contributed by atoms with Gasteiger partial charge in [-0.05, 0) is 51.1 Å². The summed E-state index contributed by atoms with van der Waals surface area (Å²) in [5.41, 5.74) is 0.582. The Balaban J connectivity index is 2.02. The average molecular weight is 224 g/mol. The monoisotopic (exact) mass is 224 g/mol. The number of nitrogens with one attached hydrogen (secondary N) is 1. The first-order valence-corrected chi connectivity index (χ1v) is 7.16. The van der Waals surface area contributed by atoms with Gasteiger partial charge in [-0.2, -0.15) is 0 Å². The molecule has 1 saturated carbocycles. The summed E-state index contributed by atoms with van der Waals surface area (Å²) in [6, 6.07) is 0.700. The first kappa shape index (κ1) is 12.4. The Hall–Kier alpha value is -0.0800. The molecule has 0 bridgehead atoms. The Bertz CT molecular complexity index is 215. The van der Waals surface area contributed by atoms with E-state index < -0.39 is 0 Å². The van der Waals surface area contributed by atoms with Gasteiger partial charge in [-0.1, -0.05) is 20.8 Å². The van der Waals surface area contributed by atoms with E-state index in [0.29, 0.717) is 11.6 Å². The van der Waals surface area contributed by atoms with Gasteiger partial charge in [0.2, 0.25) is 0 Å². The van der Waals surface area contributed by atoms with Gasteiger partial charge in [-0.3, -0.25) is 4.90 Å². The molecule has 1 saturated heterocycles. The van der Waals surface area contributed by atoms with E-state index in [2.05, 4.69) is 31.0 Å². The minimum atomic E-state index is 0.582. The zero-order valence-corrected chi connectivity index (χ0v) is 11.3. The number of rotatable bonds is 3. The van der Waals surface area contributed by atoms with Crippen LogP contribution in [0.3, 0.4) is 0 Å². The highest BCUT2D eigenvalue weighted by atomic mass is 15.2. The molecular weight excluding hydrogens is 196 g/mol. The molecule has 2 nitrogen and oxygen atoms in total. The molecule has 0 aromatic carbocycles. The van der Waals surface area contributed by atoms with Crippen LogP contribution in [0.2, 0.25) is 0 Å². The first-order valence-electron chi connectivity index (χ1n) is 7.16. The minimum absolute atomic E-state index is 0.582. The number of nitrogens with zero attached hydrogens (tertiary/aromatic N) is 1. The van der Waals surface area contributed by atoms with Gasteiger partial charge in [0.05, 0.1) is 0 Å². The highest BCUT2D eigenvalue weighted by molar-refractivity contribution is 4.99. The lowest BCUT2D eigenvalue weighted by Crippen LogP contribution is -2.56. The van der Waals surface area contributed by atoms with Gasteiger partial charge < -0.3 is 5.32 Å². The van der Waals surface area contributed by atoms with Crippen LogP contribution in [0.4, 0.5) is 0 Å². The molecule has 2 aliphatic rings. The van der Waals surface area contributed by atoms with E-state index in [0.717, 1.165) is 5.92 Å². The molecule has 0 aromatic heterocycles. The summed E-state index contributed by atoms with van der Waals surface area (Å²) in [6.07, 6.45) is 7.00. The lowest BCUT2D eigenvalue weighted by molar-refractivity contribution is 0.00831. The van der Waals surface area contributed by atoms with E-state index in [-0.39, 0.29) is 0 Å². The second kappa shape index (κ2) is 5.05. The normalized spacial score (nSPS) is 31.1. The summed E-state index contributed by atoms with van der Waals surface area (Å²) < 4.78 is 0. The third-order valence-electron chi connectivity index (χ3n) is 4.85. The van der Waals surface area contributed by atoms with Crippen molar-refractivity contribution < 1.29 is 0 Å². The second-order valence-corrected chi connectivity index (χ2v) is 6.04. The Morgan fingerprint density at radius 3 is 2.56 bits per heavy atom. The molecule has 0 radical (unpaired) electrons. The van der Waals surface area contributed by atoms with Crippen LogP contribution in [0, 0.1) is 5.92 Å². The maximum atomic E-state index is 3.71. The van der Waals surface area contributed by atoms with Crippen molar-refractivity contribution in [3.63, 3.8) is 0 Å². The van der Waals surface area contributed by atoms with Gasteiger partial charge in [0.1, 0.15) is 0 Å². The third kappa shape index (κ3) is 2.28. The largest absolute Gasteiger partial charge is 0.312 e. The molecule has 1 N–H and O–H groups in total. The van der Waals surface area contributed by atoms with Crippen molar-refractivity contribution in [2.45, 2.75) is 64.5 Å². The molecule has 1 aliphatic carbocycles. The predicted molar refractivity (Wildman–Crippen MR) is 69.7 cm³/mol. The number of hydrogen-bond acceptors (Lipinski definition) is 2. The number of hydrogen-bond donors (Lipinski definition) is 1. The summed E-state index contributed by atoms with van der Waals surface area (Å²) >= 11 is 0. The van der Waals surface area contributed by atoms with E-state index in [1.54, 1.807) is 0 Å². The zero-order chi connectivity index (χ0) is 11.6. The highest BCUT2D eigenvalue weighted by Crippen LogP contribution is 2.41. The van der Waals surface area contributed by atoms with Crippen LogP contribution in [-0.4, -0.2) is 36.1 Å². The van der Waals surface area contributed by atoms with Gasteiger partial charge in [0, 0.05) is 18.1 Å². The smallest absolute Gasteiger partial charge is 0.0218 e. The summed E-state index contributed by atoms with van der Waals surface area (Å²) in [5, 5.41) is 3.71. The molecule has 16 heavy (non-hydrogen) atoms. The topological polar surface area (TPSA) is 15.3 Å². The molecule has 1 heterocycles. The molecule has 0 spiro atoms. The maximum absolute atomic E-state index is 3.71. The van der Waals surface area contributed by atoms with Gasteiger partial charge in [-0.15, -0.1) is 0 Å². The summed E-state index contributed by atoms with van der Waals surface area (Å²) in [6.45, 7) is 10.9. The molecule has 1 aliphatic heterocycles. The van der Waals surface area contributed by atoms with Crippen LogP contribution in [0.1, 0.15) is 52.9 Å². The molecule has 2 fully saturated rings. The molecule has 94 valence electrons. The van der Waals surface area contributed by atoms with Crippen molar-refractivity contribution in [1.29, 1.82) is 0 Å². The quantitative estimate of drug-likeness (QED) is 0.793. The standard InChI is InChI=1S/C14H28N2/c1-4-14(7-5-8-14)16-10-6-9-15-13(11-16)12(2)3/h12-13,15H,4-11H2,1-3H3. The van der Waals surface area contributed by atoms with E-state index >= 15 is 0 Å². The zero-order valence-electron chi connectivity index (χ0n) is 11.3. The van der Waals surface area contributed by atoms with Gasteiger partial charge in [-0.25, -0.2) is 0 Å². The van der Waals surface area contributed by atoms with Crippen molar-refractivity contribution in [3.05, 3.63) is 0 Å². The molecule has 1 atom stereocenters. The van der Waals surface area contributed by atoms with Crippen molar-refractivity contribution in [1.82, 2.24) is 10.2 Å². The van der Waals surface area contributed by atoms with Crippen molar-refractivity contribution in [2.24, 2.45) is 5.92 Å². The van der Waals surface area contributed by atoms with Crippen LogP contribution in [0.25, 0.3) is 0 Å². The SMILES string of the molecule is CCC1(N2CCCNC(C(C)C)C2)CCC1. The fourth-order valence-electron chi connectivity index (χ4n) is 3.31. The fraction of sp³-hybridized carbons (Fsp3) is 1.00. The van der Waals surface area contributed by atoms with Crippen molar-refractivity contribution >= 4 is 0 Å². The molecule has 2 rings (SSSR count). The third-order valence-corrected chi connectivity index (χ3v) is 4.85. The molecular formula is C14H28N2. The van der Waals surface area contributed by atoms with Crippen LogP contribution >= 0.6 is 0 Å². The summed E-state index contributed by atoms with van der Waals surface area (Å²) in [4.78, 5) is 2.81. The Morgan fingerprint density at radius 1 is 1.31 bits per heavy atom. The Labute approximate surface area is 101 Å². The van der Waals surface area contributed by atoms with E-state index in [1.165, 1.54) is 51.7 Å². The minimum Gasteiger partial charge on any atom is -0.312 e. The van der Waals surface area contributed by atoms with Crippen LogP contribution in [0.15, 0.2) is 0 Å². The highest BCUT2D eigenvalue weighted by Gasteiger charge is 2.41. The van der Waals surface area contributed by atoms with Crippen molar-refractivity contribution in [3.8, 4) is 0 Å². The lowest BCUT2D eigenvalue weighted by Gasteiger charge is -2.51. The van der Waals surface area contributed by atoms with Crippen LogP contribution in [-0.2, 0) is 0 Å². The van der Waals surface area contributed by atoms with Crippen LogP contribution < -0.4 is 5.32 Å². The van der Waals surface area contributed by atoms with Crippen molar-refractivity contribution in [2.75, 3.05) is 19.6 Å².